The second-order valence-electron chi connectivity index (χ2n) is 7.61. The third-order valence-electron chi connectivity index (χ3n) is 4.83. The van der Waals surface area contributed by atoms with E-state index in [0.29, 0.717) is 17.0 Å². The summed E-state index contributed by atoms with van der Waals surface area (Å²) in [6, 6.07) is 18.1. The van der Waals surface area contributed by atoms with E-state index in [0.717, 1.165) is 5.56 Å². The van der Waals surface area contributed by atoms with Gasteiger partial charge in [0.05, 0.1) is 24.9 Å². The third-order valence-corrected chi connectivity index (χ3v) is 4.83. The van der Waals surface area contributed by atoms with Gasteiger partial charge in [-0.2, -0.15) is 5.10 Å². The van der Waals surface area contributed by atoms with Crippen LogP contribution in [-0.2, 0) is 37.0 Å². The van der Waals surface area contributed by atoms with Crippen LogP contribution in [0.25, 0.3) is 0 Å². The summed E-state index contributed by atoms with van der Waals surface area (Å²) in [7, 11) is 0. The largest absolute Gasteiger partial charge is 0.462 e. The van der Waals surface area contributed by atoms with Crippen LogP contribution in [0, 0.1) is 0 Å². The number of hydrogen-bond acceptors (Lipinski definition) is 8. The van der Waals surface area contributed by atoms with Gasteiger partial charge in [0.25, 0.3) is 0 Å². The number of hydrazone groups is 1. The van der Waals surface area contributed by atoms with Gasteiger partial charge < -0.3 is 25.1 Å². The number of nitrogens with zero attached hydrogens (tertiary/aromatic N) is 1. The Balaban J connectivity index is 1.39. The van der Waals surface area contributed by atoms with Gasteiger partial charge in [-0.25, -0.2) is 10.2 Å². The zero-order chi connectivity index (χ0) is 27.3. The lowest BCUT2D eigenvalue weighted by atomic mass is 10.2. The molecule has 0 spiro atoms. The number of amides is 4. The van der Waals surface area contributed by atoms with Crippen molar-refractivity contribution in [2.24, 2.45) is 5.10 Å². The zero-order valence-corrected chi connectivity index (χ0v) is 20.4. The first-order valence-electron chi connectivity index (χ1n) is 11.5. The molecule has 196 valence electrons. The van der Waals surface area contributed by atoms with Gasteiger partial charge in [-0.15, -0.1) is 0 Å². The summed E-state index contributed by atoms with van der Waals surface area (Å²) in [5, 5.41) is 11.0. The van der Waals surface area contributed by atoms with Crippen molar-refractivity contribution in [3.05, 3.63) is 89.4 Å². The minimum Gasteiger partial charge on any atom is -0.462 e. The van der Waals surface area contributed by atoms with Gasteiger partial charge in [-0.1, -0.05) is 30.3 Å². The van der Waals surface area contributed by atoms with E-state index >= 15 is 0 Å². The van der Waals surface area contributed by atoms with Crippen LogP contribution >= 0.6 is 0 Å². The number of carbonyl (C=O) groups is 5. The average molecular weight is 520 g/mol. The van der Waals surface area contributed by atoms with Crippen LogP contribution in [-0.4, -0.2) is 42.4 Å². The van der Waals surface area contributed by atoms with E-state index in [4.69, 9.17) is 9.15 Å². The minimum atomic E-state index is -0.947. The van der Waals surface area contributed by atoms with Gasteiger partial charge in [0, 0.05) is 12.2 Å². The number of nitrogens with one attached hydrogen (secondary N) is 4. The minimum absolute atomic E-state index is 0.0872. The summed E-state index contributed by atoms with van der Waals surface area (Å²) in [6.07, 6.45) is 1.18. The predicted molar refractivity (Wildman–Crippen MR) is 136 cm³/mol. The smallest absolute Gasteiger partial charge is 0.338 e. The number of esters is 1. The first-order valence-corrected chi connectivity index (χ1v) is 11.5. The molecule has 1 heterocycles. The quantitative estimate of drug-likeness (QED) is 0.144. The molecule has 0 saturated heterocycles. The van der Waals surface area contributed by atoms with Crippen molar-refractivity contribution >= 4 is 41.5 Å². The van der Waals surface area contributed by atoms with Crippen LogP contribution in [0.5, 0.6) is 0 Å². The van der Waals surface area contributed by atoms with Crippen molar-refractivity contribution in [2.45, 2.75) is 20.0 Å². The summed E-state index contributed by atoms with van der Waals surface area (Å²) in [5.41, 5.74) is 3.57. The van der Waals surface area contributed by atoms with Crippen LogP contribution in [0.3, 0.4) is 0 Å². The molecule has 0 saturated carbocycles. The highest BCUT2D eigenvalue weighted by atomic mass is 16.5. The number of rotatable bonds is 9. The fourth-order valence-corrected chi connectivity index (χ4v) is 2.96. The predicted octanol–water partition coefficient (Wildman–Crippen LogP) is 1.48. The number of anilines is 1. The van der Waals surface area contributed by atoms with Crippen molar-refractivity contribution in [1.82, 2.24) is 16.1 Å². The van der Waals surface area contributed by atoms with Crippen molar-refractivity contribution in [2.75, 3.05) is 11.9 Å². The molecule has 3 rings (SSSR count). The molecule has 0 unspecified atom stereocenters. The molecule has 0 aliphatic carbocycles. The molecular weight excluding hydrogens is 494 g/mol. The molecular formula is C26H25N5O7. The third kappa shape index (κ3) is 8.45. The van der Waals surface area contributed by atoms with E-state index in [1.165, 1.54) is 36.5 Å². The van der Waals surface area contributed by atoms with Crippen LogP contribution in [0.1, 0.15) is 34.4 Å². The number of hydrogen-bond donors (Lipinski definition) is 4. The van der Waals surface area contributed by atoms with Crippen LogP contribution in [0.15, 0.2) is 76.2 Å². The lowest BCUT2D eigenvalue weighted by molar-refractivity contribution is -0.139. The van der Waals surface area contributed by atoms with Crippen molar-refractivity contribution in [3.63, 3.8) is 0 Å². The van der Waals surface area contributed by atoms with Crippen molar-refractivity contribution in [1.29, 1.82) is 0 Å². The maximum Gasteiger partial charge on any atom is 0.338 e. The van der Waals surface area contributed by atoms with E-state index in [1.807, 2.05) is 30.3 Å². The summed E-state index contributed by atoms with van der Waals surface area (Å²) >= 11 is 0. The molecule has 1 aromatic heterocycles. The molecule has 0 atom stereocenters. The van der Waals surface area contributed by atoms with Gasteiger partial charge in [0.2, 0.25) is 0 Å². The Kier molecular flexibility index (Phi) is 9.87. The standard InChI is InChI=1S/C26H25N5O7/c1-2-37-26(36)18-8-10-19(11-9-18)30-24(34)22(32)28-15-20-12-13-21(38-20)16-29-31-25(35)23(33)27-14-17-6-4-3-5-7-17/h3-13,16H,2,14-15H2,1H3,(H,27,33)(H,28,32)(H,30,34)(H,31,35)/b29-16+. The molecule has 3 aromatic rings. The molecule has 0 fully saturated rings. The van der Waals surface area contributed by atoms with E-state index in [9.17, 15) is 24.0 Å². The first-order chi connectivity index (χ1) is 18.4. The SMILES string of the molecule is CCOC(=O)c1ccc(NC(=O)C(=O)NCc2ccc(/C=N/NC(=O)C(=O)NCc3ccccc3)o2)cc1. The molecule has 0 radical (unpaired) electrons. The van der Waals surface area contributed by atoms with Gasteiger partial charge >= 0.3 is 29.6 Å². The highest BCUT2D eigenvalue weighted by Gasteiger charge is 2.15. The molecule has 4 amide bonds. The van der Waals surface area contributed by atoms with Crippen LogP contribution in [0.4, 0.5) is 5.69 Å². The van der Waals surface area contributed by atoms with E-state index in [-0.39, 0.29) is 25.5 Å². The van der Waals surface area contributed by atoms with Crippen molar-refractivity contribution < 1.29 is 33.1 Å². The van der Waals surface area contributed by atoms with Crippen LogP contribution in [0.2, 0.25) is 0 Å². The summed E-state index contributed by atoms with van der Waals surface area (Å²) < 4.78 is 10.3. The Hall–Kier alpha value is -5.26. The van der Waals surface area contributed by atoms with E-state index in [2.05, 4.69) is 26.5 Å². The number of ether oxygens (including phenoxy) is 1. The van der Waals surface area contributed by atoms with Gasteiger partial charge in [0.1, 0.15) is 11.5 Å². The van der Waals surface area contributed by atoms with E-state index in [1.54, 1.807) is 13.0 Å². The Morgan fingerprint density at radius 3 is 2.21 bits per heavy atom. The van der Waals surface area contributed by atoms with Gasteiger partial charge in [0.15, 0.2) is 0 Å². The Bertz CT molecular complexity index is 1320. The highest BCUT2D eigenvalue weighted by Crippen LogP contribution is 2.11. The van der Waals surface area contributed by atoms with Crippen LogP contribution < -0.4 is 21.4 Å². The molecule has 4 N–H and O–H groups in total. The Morgan fingerprint density at radius 2 is 1.50 bits per heavy atom. The molecule has 2 aromatic carbocycles. The summed E-state index contributed by atoms with van der Waals surface area (Å²) in [4.78, 5) is 59.5. The maximum absolute atomic E-state index is 12.1. The molecule has 12 heteroatoms. The fraction of sp³-hybridized carbons (Fsp3) is 0.154. The zero-order valence-electron chi connectivity index (χ0n) is 20.4. The normalized spacial score (nSPS) is 10.4. The topological polar surface area (TPSA) is 168 Å². The second-order valence-corrected chi connectivity index (χ2v) is 7.61. The summed E-state index contributed by atoms with van der Waals surface area (Å²) in [6.45, 7) is 2.05. The van der Waals surface area contributed by atoms with Crippen molar-refractivity contribution in [3.8, 4) is 0 Å². The Morgan fingerprint density at radius 1 is 0.816 bits per heavy atom. The molecule has 0 aliphatic heterocycles. The maximum atomic E-state index is 12.1. The van der Waals surface area contributed by atoms with Gasteiger partial charge in [-0.05, 0) is 48.9 Å². The lowest BCUT2D eigenvalue weighted by Gasteiger charge is -2.07. The Labute approximate surface area is 217 Å². The average Bonchev–Trinajstić information content (AvgIpc) is 3.39. The molecule has 0 aliphatic rings. The number of furan rings is 1. The van der Waals surface area contributed by atoms with E-state index < -0.39 is 29.6 Å². The van der Waals surface area contributed by atoms with Gasteiger partial charge in [-0.3, -0.25) is 19.2 Å². The first kappa shape index (κ1) is 27.3. The fourth-order valence-electron chi connectivity index (χ4n) is 2.96. The number of benzene rings is 2. The lowest BCUT2D eigenvalue weighted by Crippen LogP contribution is -2.37. The monoisotopic (exact) mass is 519 g/mol. The number of carbonyl (C=O) groups excluding carboxylic acids is 5. The molecule has 12 nitrogen and oxygen atoms in total. The highest BCUT2D eigenvalue weighted by molar-refractivity contribution is 6.39. The molecule has 0 bridgehead atoms. The second kappa shape index (κ2) is 13.7. The summed E-state index contributed by atoms with van der Waals surface area (Å²) in [5.74, 6) is -3.53. The molecule has 38 heavy (non-hydrogen) atoms.